The van der Waals surface area contributed by atoms with Gasteiger partial charge in [0, 0.05) is 29.6 Å². The van der Waals surface area contributed by atoms with Crippen LogP contribution in [0.3, 0.4) is 0 Å². The fraction of sp³-hybridized carbons (Fsp3) is 0.438. The topological polar surface area (TPSA) is 158 Å². The standard InChI is InChI=1S/C32H41N5O5/c1-5-20(4)27(37(31(41)42)18-21-11-7-6-8-12-21)29(39)36-32(30(40)35-26(19(2)3)28(33)38)16-15-25-23(17-32)22-13-9-10-14-24(22)34-25/h6-14,19-20,26-27,34H,5,15-18H2,1-4H3,(H2,33,38)(H,35,40)(H,36,39)(H,41,42)/t20-,26-,27-,32+/m0/s1. The Kier molecular flexibility index (Phi) is 9.23. The summed E-state index contributed by atoms with van der Waals surface area (Å²) in [5, 5.41) is 17.0. The highest BCUT2D eigenvalue weighted by atomic mass is 16.4. The van der Waals surface area contributed by atoms with Gasteiger partial charge in [0.1, 0.15) is 17.6 Å². The summed E-state index contributed by atoms with van der Waals surface area (Å²) in [6.07, 6.45) is 0.217. The molecule has 6 N–H and O–H groups in total. The molecule has 10 heteroatoms. The third-order valence-electron chi connectivity index (χ3n) is 8.47. The molecule has 1 heterocycles. The van der Waals surface area contributed by atoms with Gasteiger partial charge in [0.2, 0.25) is 17.7 Å². The number of amides is 4. The van der Waals surface area contributed by atoms with Gasteiger partial charge in [-0.05, 0) is 41.9 Å². The van der Waals surface area contributed by atoms with Crippen LogP contribution in [0.2, 0.25) is 0 Å². The number of aromatic amines is 1. The molecular formula is C32H41N5O5. The van der Waals surface area contributed by atoms with Crippen LogP contribution >= 0.6 is 0 Å². The van der Waals surface area contributed by atoms with E-state index in [4.69, 9.17) is 5.73 Å². The molecule has 42 heavy (non-hydrogen) atoms. The molecule has 224 valence electrons. The SMILES string of the molecule is CC[C@H](C)[C@@H](C(=O)N[C@]1(C(=O)N[C@H](C(N)=O)C(C)C)CCc2[nH]c3ccccc3c2C1)N(Cc1ccccc1)C(=O)O. The van der Waals surface area contributed by atoms with Crippen molar-refractivity contribution in [3.8, 4) is 0 Å². The molecule has 4 atom stereocenters. The number of fused-ring (bicyclic) bond motifs is 3. The van der Waals surface area contributed by atoms with Crippen molar-refractivity contribution in [2.24, 2.45) is 17.6 Å². The van der Waals surface area contributed by atoms with E-state index in [1.807, 2.05) is 68.4 Å². The Hall–Kier alpha value is -4.34. The minimum atomic E-state index is -1.43. The molecular weight excluding hydrogens is 534 g/mol. The van der Waals surface area contributed by atoms with Crippen molar-refractivity contribution >= 4 is 34.7 Å². The van der Waals surface area contributed by atoms with Gasteiger partial charge >= 0.3 is 6.09 Å². The van der Waals surface area contributed by atoms with Crippen LogP contribution in [0.1, 0.15) is 57.4 Å². The summed E-state index contributed by atoms with van der Waals surface area (Å²) in [5.74, 6) is -2.35. The maximum absolute atomic E-state index is 14.2. The van der Waals surface area contributed by atoms with E-state index in [1.54, 1.807) is 13.8 Å². The molecule has 10 nitrogen and oxygen atoms in total. The molecule has 4 amide bonds. The zero-order valence-electron chi connectivity index (χ0n) is 24.6. The van der Waals surface area contributed by atoms with Gasteiger partial charge in [0.05, 0.1) is 0 Å². The monoisotopic (exact) mass is 575 g/mol. The number of benzene rings is 2. The number of hydrogen-bond acceptors (Lipinski definition) is 4. The summed E-state index contributed by atoms with van der Waals surface area (Å²) in [7, 11) is 0. The summed E-state index contributed by atoms with van der Waals surface area (Å²) in [6.45, 7) is 7.31. The molecule has 0 saturated heterocycles. The lowest BCUT2D eigenvalue weighted by Gasteiger charge is -2.41. The van der Waals surface area contributed by atoms with Crippen LogP contribution in [0.25, 0.3) is 10.9 Å². The number of H-pyrrole nitrogens is 1. The third-order valence-corrected chi connectivity index (χ3v) is 8.47. The van der Waals surface area contributed by atoms with Crippen LogP contribution in [0.4, 0.5) is 4.79 Å². The summed E-state index contributed by atoms with van der Waals surface area (Å²) >= 11 is 0. The first-order valence-corrected chi connectivity index (χ1v) is 14.5. The Morgan fingerprint density at radius 2 is 1.71 bits per heavy atom. The highest BCUT2D eigenvalue weighted by molar-refractivity contribution is 5.98. The van der Waals surface area contributed by atoms with Crippen molar-refractivity contribution in [2.75, 3.05) is 0 Å². The van der Waals surface area contributed by atoms with E-state index in [-0.39, 0.29) is 31.2 Å². The molecule has 0 bridgehead atoms. The van der Waals surface area contributed by atoms with Crippen molar-refractivity contribution in [1.29, 1.82) is 0 Å². The average Bonchev–Trinajstić information content (AvgIpc) is 3.33. The number of hydrogen-bond donors (Lipinski definition) is 5. The molecule has 4 rings (SSSR count). The zero-order valence-corrected chi connectivity index (χ0v) is 24.6. The molecule has 0 fully saturated rings. The third kappa shape index (κ3) is 6.27. The maximum atomic E-state index is 14.2. The Labute approximate surface area is 246 Å². The normalized spacial score (nSPS) is 18.5. The molecule has 1 aliphatic carbocycles. The molecule has 0 spiro atoms. The smallest absolute Gasteiger partial charge is 0.408 e. The Balaban J connectivity index is 1.74. The van der Waals surface area contributed by atoms with Gasteiger partial charge in [-0.1, -0.05) is 82.6 Å². The number of para-hydroxylation sites is 1. The van der Waals surface area contributed by atoms with Gasteiger partial charge in [-0.2, -0.15) is 0 Å². The van der Waals surface area contributed by atoms with Crippen LogP contribution in [-0.4, -0.2) is 56.4 Å². The van der Waals surface area contributed by atoms with Crippen molar-refractivity contribution in [1.82, 2.24) is 20.5 Å². The first-order valence-electron chi connectivity index (χ1n) is 14.5. The predicted octanol–water partition coefficient (Wildman–Crippen LogP) is 3.73. The van der Waals surface area contributed by atoms with E-state index >= 15 is 0 Å². The number of rotatable bonds is 11. The van der Waals surface area contributed by atoms with Crippen LogP contribution < -0.4 is 16.4 Å². The van der Waals surface area contributed by atoms with E-state index in [0.717, 1.165) is 32.6 Å². The van der Waals surface area contributed by atoms with E-state index in [2.05, 4.69) is 15.6 Å². The number of aromatic nitrogens is 1. The van der Waals surface area contributed by atoms with E-state index in [1.165, 1.54) is 0 Å². The Morgan fingerprint density at radius 1 is 1.05 bits per heavy atom. The van der Waals surface area contributed by atoms with Gasteiger partial charge in [0.25, 0.3) is 0 Å². The van der Waals surface area contributed by atoms with Gasteiger partial charge in [-0.3, -0.25) is 19.3 Å². The van der Waals surface area contributed by atoms with Crippen LogP contribution in [-0.2, 0) is 33.8 Å². The lowest BCUT2D eigenvalue weighted by Crippen LogP contribution is -2.67. The second-order valence-corrected chi connectivity index (χ2v) is 11.7. The highest BCUT2D eigenvalue weighted by Gasteiger charge is 2.47. The molecule has 1 aliphatic rings. The molecule has 0 unspecified atom stereocenters. The average molecular weight is 576 g/mol. The Morgan fingerprint density at radius 3 is 2.33 bits per heavy atom. The van der Waals surface area contributed by atoms with Gasteiger partial charge < -0.3 is 26.5 Å². The number of aryl methyl sites for hydroxylation is 1. The summed E-state index contributed by atoms with van der Waals surface area (Å²) < 4.78 is 0. The minimum absolute atomic E-state index is 0.0154. The number of nitrogens with zero attached hydrogens (tertiary/aromatic N) is 1. The van der Waals surface area contributed by atoms with Gasteiger partial charge in [0.15, 0.2) is 0 Å². The molecule has 3 aromatic rings. The van der Waals surface area contributed by atoms with Crippen molar-refractivity contribution in [2.45, 2.75) is 77.5 Å². The van der Waals surface area contributed by atoms with Crippen LogP contribution in [0, 0.1) is 11.8 Å². The van der Waals surface area contributed by atoms with Crippen molar-refractivity contribution in [3.05, 3.63) is 71.4 Å². The van der Waals surface area contributed by atoms with Crippen LogP contribution in [0.5, 0.6) is 0 Å². The zero-order chi connectivity index (χ0) is 30.6. The summed E-state index contributed by atoms with van der Waals surface area (Å²) in [4.78, 5) is 57.7. The Bertz CT molecular complexity index is 1450. The van der Waals surface area contributed by atoms with E-state index in [0.29, 0.717) is 12.8 Å². The summed E-state index contributed by atoms with van der Waals surface area (Å²) in [6, 6.07) is 14.9. The summed E-state index contributed by atoms with van der Waals surface area (Å²) in [5.41, 5.74) is 7.77. The lowest BCUT2D eigenvalue weighted by molar-refractivity contribution is -0.139. The maximum Gasteiger partial charge on any atom is 0.408 e. The fourth-order valence-electron chi connectivity index (χ4n) is 5.91. The first-order chi connectivity index (χ1) is 20.0. The van der Waals surface area contributed by atoms with E-state index in [9.17, 15) is 24.3 Å². The molecule has 0 saturated carbocycles. The van der Waals surface area contributed by atoms with Crippen molar-refractivity contribution < 1.29 is 24.3 Å². The number of nitrogens with one attached hydrogen (secondary N) is 3. The fourth-order valence-corrected chi connectivity index (χ4v) is 5.91. The quantitative estimate of drug-likeness (QED) is 0.235. The minimum Gasteiger partial charge on any atom is -0.465 e. The molecule has 2 aromatic carbocycles. The molecule has 1 aromatic heterocycles. The number of carbonyl (C=O) groups excluding carboxylic acids is 3. The number of nitrogens with two attached hydrogens (primary N) is 1. The second kappa shape index (κ2) is 12.7. The molecule has 0 radical (unpaired) electrons. The van der Waals surface area contributed by atoms with Gasteiger partial charge in [-0.25, -0.2) is 4.79 Å². The predicted molar refractivity (Wildman–Crippen MR) is 160 cm³/mol. The number of carboxylic acid groups (broad SMARTS) is 1. The van der Waals surface area contributed by atoms with Crippen molar-refractivity contribution in [3.63, 3.8) is 0 Å². The first kappa shape index (κ1) is 30.6. The molecule has 0 aliphatic heterocycles. The largest absolute Gasteiger partial charge is 0.465 e. The van der Waals surface area contributed by atoms with E-state index < -0.39 is 41.4 Å². The van der Waals surface area contributed by atoms with Gasteiger partial charge in [-0.15, -0.1) is 0 Å². The van der Waals surface area contributed by atoms with Crippen LogP contribution in [0.15, 0.2) is 54.6 Å². The highest BCUT2D eigenvalue weighted by Crippen LogP contribution is 2.35. The second-order valence-electron chi connectivity index (χ2n) is 11.7. The number of carbonyl (C=O) groups is 4. The lowest BCUT2D eigenvalue weighted by atomic mass is 9.78. The number of primary amides is 1.